The Kier molecular flexibility index (Phi) is 3.93. The zero-order valence-electron chi connectivity index (χ0n) is 19.3. The Morgan fingerprint density at radius 3 is 1.09 bits per heavy atom. The molecule has 8 rings (SSSR count). The van der Waals surface area contributed by atoms with Gasteiger partial charge in [-0.05, 0) is 54.2 Å². The molecule has 0 amide bonds. The van der Waals surface area contributed by atoms with Crippen LogP contribution in [0.4, 0.5) is 0 Å². The molecular formula is C35H23-. The zero-order chi connectivity index (χ0) is 22.9. The summed E-state index contributed by atoms with van der Waals surface area (Å²) >= 11 is 0. The third-order valence-corrected chi connectivity index (χ3v) is 8.05. The molecule has 0 spiro atoms. The lowest BCUT2D eigenvalue weighted by molar-refractivity contribution is 0.881. The highest BCUT2D eigenvalue weighted by molar-refractivity contribution is 6.15. The van der Waals surface area contributed by atoms with Crippen molar-refractivity contribution >= 4 is 55.2 Å². The molecule has 0 bridgehead atoms. The predicted octanol–water partition coefficient (Wildman–Crippen LogP) is 9.42. The molecule has 0 aromatic heterocycles. The summed E-state index contributed by atoms with van der Waals surface area (Å²) in [6.45, 7) is 0. The number of rotatable bonds is 2. The van der Waals surface area contributed by atoms with Gasteiger partial charge in [-0.15, -0.1) is 24.0 Å². The van der Waals surface area contributed by atoms with E-state index in [1.807, 2.05) is 0 Å². The van der Waals surface area contributed by atoms with Gasteiger partial charge in [-0.2, -0.15) is 0 Å². The average Bonchev–Trinajstić information content (AvgIpc) is 3.55. The normalized spacial score (nSPS) is 18.2. The van der Waals surface area contributed by atoms with E-state index in [0.717, 1.165) is 0 Å². The van der Waals surface area contributed by atoms with E-state index in [1.54, 1.807) is 0 Å². The number of fused-ring (bicyclic) bond motifs is 12. The van der Waals surface area contributed by atoms with Gasteiger partial charge < -0.3 is 6.42 Å². The fourth-order valence-corrected chi connectivity index (χ4v) is 6.61. The maximum atomic E-state index is 2.56. The van der Waals surface area contributed by atoms with Gasteiger partial charge in [0.15, 0.2) is 0 Å². The Hall–Kier alpha value is -4.16. The van der Waals surface area contributed by atoms with Crippen molar-refractivity contribution < 1.29 is 0 Å². The minimum absolute atomic E-state index is 0.283. The highest BCUT2D eigenvalue weighted by atomic mass is 14.3. The average molecular weight is 444 g/mol. The fraction of sp³-hybridized carbons (Fsp3) is 0.0571. The Balaban J connectivity index is 1.32. The van der Waals surface area contributed by atoms with Crippen LogP contribution in [0.2, 0.25) is 0 Å². The molecule has 0 nitrogen and oxygen atoms in total. The molecule has 0 radical (unpaired) electrons. The molecule has 2 aliphatic rings. The van der Waals surface area contributed by atoms with Gasteiger partial charge in [-0.3, -0.25) is 0 Å². The lowest BCUT2D eigenvalue weighted by Crippen LogP contribution is -2.04. The van der Waals surface area contributed by atoms with Crippen LogP contribution in [-0.2, 0) is 0 Å². The molecule has 0 fully saturated rings. The molecule has 0 aliphatic heterocycles. The van der Waals surface area contributed by atoms with Crippen LogP contribution in [0.5, 0.6) is 0 Å². The lowest BCUT2D eigenvalue weighted by Gasteiger charge is -2.30. The first-order valence-corrected chi connectivity index (χ1v) is 12.5. The quantitative estimate of drug-likeness (QED) is 0.185. The van der Waals surface area contributed by atoms with Crippen molar-refractivity contribution in [1.29, 1.82) is 0 Å². The molecule has 2 atom stereocenters. The summed E-state index contributed by atoms with van der Waals surface area (Å²) in [4.78, 5) is 0. The minimum atomic E-state index is 0.283. The van der Waals surface area contributed by atoms with Gasteiger partial charge in [0.2, 0.25) is 0 Å². The molecule has 6 aromatic rings. The third-order valence-electron chi connectivity index (χ3n) is 8.05. The second kappa shape index (κ2) is 7.17. The van der Waals surface area contributed by atoms with Crippen LogP contribution in [0.3, 0.4) is 0 Å². The number of allylic oxidation sites excluding steroid dienone is 2. The topological polar surface area (TPSA) is 0 Å². The van der Waals surface area contributed by atoms with Crippen molar-refractivity contribution in [2.45, 2.75) is 11.8 Å². The van der Waals surface area contributed by atoms with Gasteiger partial charge >= 0.3 is 0 Å². The molecular weight excluding hydrogens is 420 g/mol. The van der Waals surface area contributed by atoms with Gasteiger partial charge in [-0.25, -0.2) is 0 Å². The lowest BCUT2D eigenvalue weighted by atomic mass is 9.81. The Morgan fingerprint density at radius 2 is 0.686 bits per heavy atom. The van der Waals surface area contributed by atoms with Gasteiger partial charge in [0, 0.05) is 0 Å². The first-order chi connectivity index (χ1) is 17.4. The van der Waals surface area contributed by atoms with Crippen LogP contribution < -0.4 is 0 Å². The monoisotopic (exact) mass is 443 g/mol. The summed E-state index contributed by atoms with van der Waals surface area (Å²) in [6.07, 6.45) is 12.1. The standard InChI is InChI=1S/C35H23/c1-3-13-28-24(9-1)26-11-5-7-15-30(26)34-22(17-19-32(28)34)21-23-18-20-33-29-14-4-2-10-25(29)27-12-6-8-16-31(27)35(23)33/h1-23H/q-1. The molecule has 0 saturated carbocycles. The third kappa shape index (κ3) is 2.63. The van der Waals surface area contributed by atoms with E-state index in [9.17, 15) is 0 Å². The highest BCUT2D eigenvalue weighted by Crippen LogP contribution is 2.49. The van der Waals surface area contributed by atoms with Gasteiger partial charge in [0.05, 0.1) is 0 Å². The van der Waals surface area contributed by atoms with Gasteiger partial charge in [0.1, 0.15) is 0 Å². The highest BCUT2D eigenvalue weighted by Gasteiger charge is 2.23. The second-order valence-electron chi connectivity index (χ2n) is 9.80. The van der Waals surface area contributed by atoms with E-state index >= 15 is 0 Å². The van der Waals surface area contributed by atoms with Gasteiger partial charge in [-0.1, -0.05) is 120 Å². The van der Waals surface area contributed by atoms with Crippen LogP contribution >= 0.6 is 0 Å². The number of hydrogen-bond acceptors (Lipinski definition) is 0. The van der Waals surface area contributed by atoms with E-state index in [2.05, 4.69) is 128 Å². The molecule has 0 N–H and O–H groups in total. The minimum Gasteiger partial charge on any atom is -0.306 e. The van der Waals surface area contributed by atoms with E-state index in [4.69, 9.17) is 0 Å². The zero-order valence-corrected chi connectivity index (χ0v) is 19.3. The van der Waals surface area contributed by atoms with Gasteiger partial charge in [0.25, 0.3) is 0 Å². The van der Waals surface area contributed by atoms with Crippen LogP contribution in [0.15, 0.2) is 109 Å². The molecule has 0 heteroatoms. The van der Waals surface area contributed by atoms with Crippen LogP contribution in [-0.4, -0.2) is 0 Å². The van der Waals surface area contributed by atoms with E-state index < -0.39 is 0 Å². The van der Waals surface area contributed by atoms with Crippen LogP contribution in [0.1, 0.15) is 34.1 Å². The number of benzene rings is 6. The molecule has 2 unspecified atom stereocenters. The van der Waals surface area contributed by atoms with Crippen molar-refractivity contribution in [2.75, 3.05) is 0 Å². The Bertz CT molecular complexity index is 1740. The summed E-state index contributed by atoms with van der Waals surface area (Å²) in [7, 11) is 0. The first-order valence-electron chi connectivity index (χ1n) is 12.5. The summed E-state index contributed by atoms with van der Waals surface area (Å²) in [5.74, 6) is 0.565. The maximum Gasteiger partial charge on any atom is -0.00992 e. The second-order valence-corrected chi connectivity index (χ2v) is 9.80. The van der Waals surface area contributed by atoms with Crippen molar-refractivity contribution in [3.8, 4) is 0 Å². The smallest absolute Gasteiger partial charge is 0.00992 e. The van der Waals surface area contributed by atoms with Crippen LogP contribution in [0.25, 0.3) is 55.2 Å². The molecule has 6 aromatic carbocycles. The van der Waals surface area contributed by atoms with E-state index in [1.165, 1.54) is 65.3 Å². The summed E-state index contributed by atoms with van der Waals surface area (Å²) in [5.41, 5.74) is 5.66. The molecule has 0 heterocycles. The van der Waals surface area contributed by atoms with Crippen molar-refractivity contribution in [3.05, 3.63) is 138 Å². The van der Waals surface area contributed by atoms with Crippen molar-refractivity contribution in [1.82, 2.24) is 0 Å². The number of hydrogen-bond donors (Lipinski definition) is 0. The van der Waals surface area contributed by atoms with Crippen LogP contribution in [0, 0.1) is 6.42 Å². The molecule has 35 heavy (non-hydrogen) atoms. The largest absolute Gasteiger partial charge is 0.306 e. The summed E-state index contributed by atoms with van der Waals surface area (Å²) in [5, 5.41) is 10.8. The first kappa shape index (κ1) is 19.2. The summed E-state index contributed by atoms with van der Waals surface area (Å²) < 4.78 is 0. The molecule has 164 valence electrons. The van der Waals surface area contributed by atoms with Crippen molar-refractivity contribution in [2.24, 2.45) is 0 Å². The summed E-state index contributed by atoms with van der Waals surface area (Å²) in [6, 6.07) is 35.5. The maximum absolute atomic E-state index is 2.56. The molecule has 2 aliphatic carbocycles. The Morgan fingerprint density at radius 1 is 0.371 bits per heavy atom. The fourth-order valence-electron chi connectivity index (χ4n) is 6.61. The van der Waals surface area contributed by atoms with E-state index in [-0.39, 0.29) is 11.8 Å². The SMILES string of the molecule is C1=CC([CH-]C2C=Cc3c2c2ccccc2c2ccccc32)c2c1c1ccccc1c1ccccc21. The van der Waals surface area contributed by atoms with E-state index in [0.29, 0.717) is 0 Å². The molecule has 0 saturated heterocycles. The van der Waals surface area contributed by atoms with Crippen molar-refractivity contribution in [3.63, 3.8) is 0 Å². The Labute approximate surface area is 204 Å². The predicted molar refractivity (Wildman–Crippen MR) is 151 cm³/mol.